The summed E-state index contributed by atoms with van der Waals surface area (Å²) in [7, 11) is -11.6. The summed E-state index contributed by atoms with van der Waals surface area (Å²) >= 11 is 0. The van der Waals surface area contributed by atoms with Crippen LogP contribution in [0.5, 0.6) is 0 Å². The molecule has 0 saturated carbocycles. The maximum absolute atomic E-state index is 11.9. The monoisotopic (exact) mass is 616 g/mol. The third-order valence-corrected chi connectivity index (χ3v) is 6.51. The fourth-order valence-electron chi connectivity index (χ4n) is 2.20. The van der Waals surface area contributed by atoms with Gasteiger partial charge in [-0.25, -0.2) is 33.7 Å². The van der Waals surface area contributed by atoms with Crippen molar-refractivity contribution in [1.82, 2.24) is 0 Å². The molecule has 37 heavy (non-hydrogen) atoms. The van der Waals surface area contributed by atoms with Crippen LogP contribution in [-0.4, -0.2) is 107 Å². The number of rotatable bonds is 20. The van der Waals surface area contributed by atoms with E-state index in [-0.39, 0.29) is 0 Å². The number of thiol groups is 4. The van der Waals surface area contributed by atoms with E-state index >= 15 is 0 Å². The van der Waals surface area contributed by atoms with E-state index < -0.39 is 147 Å². The number of hydrogen-bond donors (Lipinski definition) is 4. The molecule has 0 aliphatic rings. The van der Waals surface area contributed by atoms with Crippen LogP contribution in [0.25, 0.3) is 0 Å². The van der Waals surface area contributed by atoms with Crippen LogP contribution >= 0.6 is 0 Å². The van der Waals surface area contributed by atoms with Crippen LogP contribution in [0.15, 0.2) is 0 Å². The molecule has 0 unspecified atom stereocenters. The minimum Gasteiger partial charge on any atom is -0.465 e. The van der Waals surface area contributed by atoms with E-state index in [1.807, 2.05) is 0 Å². The average molecular weight is 617 g/mol. The van der Waals surface area contributed by atoms with Gasteiger partial charge in [0.15, 0.2) is 0 Å². The van der Waals surface area contributed by atoms with Crippen LogP contribution in [0.1, 0.15) is 25.7 Å². The molecule has 216 valence electrons. The molecule has 0 N–H and O–H groups in total. The van der Waals surface area contributed by atoms with Crippen LogP contribution in [0, 0.1) is 5.41 Å². The van der Waals surface area contributed by atoms with Crippen molar-refractivity contribution in [3.8, 4) is 0 Å². The summed E-state index contributed by atoms with van der Waals surface area (Å²) < 4.78 is 105. The number of carbonyl (C=O) groups is 4. The maximum Gasteiger partial charge on any atom is 0.306 e. The van der Waals surface area contributed by atoms with E-state index in [1.165, 1.54) is 0 Å². The van der Waals surface area contributed by atoms with Crippen LogP contribution in [0.4, 0.5) is 0 Å². The van der Waals surface area contributed by atoms with Crippen molar-refractivity contribution in [1.29, 1.82) is 0 Å². The topological polar surface area (TPSA) is 242 Å². The average Bonchev–Trinajstić information content (AvgIpc) is 2.82. The van der Waals surface area contributed by atoms with Crippen molar-refractivity contribution < 1.29 is 71.8 Å². The largest absolute Gasteiger partial charge is 0.465 e. The Kier molecular flexibility index (Phi) is 17.7. The van der Waals surface area contributed by atoms with Gasteiger partial charge in [-0.3, -0.25) is 19.2 Å². The van der Waals surface area contributed by atoms with Crippen molar-refractivity contribution in [2.24, 2.45) is 5.41 Å². The smallest absolute Gasteiger partial charge is 0.306 e. The van der Waals surface area contributed by atoms with Gasteiger partial charge >= 0.3 is 23.9 Å². The molecule has 0 atom stereocenters. The zero-order valence-corrected chi connectivity index (χ0v) is 22.9. The van der Waals surface area contributed by atoms with Crippen LogP contribution in [0.3, 0.4) is 0 Å². The maximum atomic E-state index is 11.9. The standard InChI is InChI=1S/C17H28O16S4/c18-13(1-5-34(22)23)30-9-17(10-31-14(19)2-6-35(24)25,11-32-15(20)3-7-36(26)27)12-33-16(21)4-8-37(28)29/h34-37H,1-12H2. The van der Waals surface area contributed by atoms with Gasteiger partial charge in [0.1, 0.15) is 74.7 Å². The number of ether oxygens (including phenoxy) is 4. The molecule has 20 heteroatoms. The fourth-order valence-corrected chi connectivity index (χ4v) is 3.66. The van der Waals surface area contributed by atoms with Crippen LogP contribution < -0.4 is 0 Å². The van der Waals surface area contributed by atoms with Crippen molar-refractivity contribution in [3.63, 3.8) is 0 Å². The zero-order valence-electron chi connectivity index (χ0n) is 19.3. The van der Waals surface area contributed by atoms with Gasteiger partial charge in [-0.05, 0) is 0 Å². The Bertz CT molecular complexity index is 893. The zero-order chi connectivity index (χ0) is 28.4. The molecule has 0 fully saturated rings. The number of hydrogen-bond acceptors (Lipinski definition) is 16. The Morgan fingerprint density at radius 2 is 0.595 bits per heavy atom. The highest BCUT2D eigenvalue weighted by atomic mass is 32.2. The lowest BCUT2D eigenvalue weighted by Gasteiger charge is -2.31. The highest BCUT2D eigenvalue weighted by Crippen LogP contribution is 2.22. The molecular weight excluding hydrogens is 588 g/mol. The predicted octanol–water partition coefficient (Wildman–Crippen LogP) is -3.85. The van der Waals surface area contributed by atoms with E-state index in [0.717, 1.165) is 0 Å². The molecule has 0 aliphatic heterocycles. The minimum atomic E-state index is -2.90. The van der Waals surface area contributed by atoms with Crippen molar-refractivity contribution in [2.45, 2.75) is 25.7 Å². The van der Waals surface area contributed by atoms with E-state index in [0.29, 0.717) is 0 Å². The van der Waals surface area contributed by atoms with E-state index in [4.69, 9.17) is 18.9 Å². The molecule has 0 saturated heterocycles. The van der Waals surface area contributed by atoms with Gasteiger partial charge in [0.2, 0.25) is 0 Å². The lowest BCUT2D eigenvalue weighted by Crippen LogP contribution is -2.44. The molecule has 0 aliphatic carbocycles. The number of esters is 4. The first-order valence-corrected chi connectivity index (χ1v) is 15.8. The predicted molar refractivity (Wildman–Crippen MR) is 125 cm³/mol. The van der Waals surface area contributed by atoms with E-state index in [2.05, 4.69) is 0 Å². The summed E-state index contributed by atoms with van der Waals surface area (Å²) in [6, 6.07) is 0. The Balaban J connectivity index is 5.72. The van der Waals surface area contributed by atoms with Gasteiger partial charge < -0.3 is 18.9 Å². The lowest BCUT2D eigenvalue weighted by atomic mass is 9.92. The second kappa shape index (κ2) is 18.9. The highest BCUT2D eigenvalue weighted by Gasteiger charge is 2.38. The van der Waals surface area contributed by atoms with Gasteiger partial charge in [0, 0.05) is 0 Å². The second-order valence-electron chi connectivity index (χ2n) is 7.37. The molecule has 0 rings (SSSR count). The van der Waals surface area contributed by atoms with Gasteiger partial charge in [0.05, 0.1) is 48.7 Å². The quantitative estimate of drug-likeness (QED) is 0.0581. The molecule has 0 radical (unpaired) electrons. The van der Waals surface area contributed by atoms with Gasteiger partial charge in [-0.1, -0.05) is 0 Å². The summed E-state index contributed by atoms with van der Waals surface area (Å²) in [4.78, 5) is 47.7. The third kappa shape index (κ3) is 19.5. The van der Waals surface area contributed by atoms with Crippen LogP contribution in [-0.2, 0) is 80.9 Å². The molecule has 0 aromatic heterocycles. The SMILES string of the molecule is O=C(CC[SH](=O)=O)OCC(COC(=O)CC[SH](=O)=O)(COC(=O)CC[SH](=O)=O)COC(=O)CC[SH](=O)=O. The van der Waals surface area contributed by atoms with Crippen molar-refractivity contribution in [2.75, 3.05) is 49.4 Å². The lowest BCUT2D eigenvalue weighted by molar-refractivity contribution is -0.170. The molecule has 0 amide bonds. The summed E-state index contributed by atoms with van der Waals surface area (Å²) in [6.07, 6.45) is -2.23. The molecule has 16 nitrogen and oxygen atoms in total. The first kappa shape index (κ1) is 34.7. The Morgan fingerprint density at radius 3 is 0.757 bits per heavy atom. The molecule has 0 spiro atoms. The molecule has 0 aromatic rings. The van der Waals surface area contributed by atoms with Crippen LogP contribution in [0.2, 0.25) is 0 Å². The Hall–Kier alpha value is -2.32. The molecule has 0 bridgehead atoms. The minimum absolute atomic E-state index is 0.547. The second-order valence-corrected chi connectivity index (χ2v) is 11.8. The Morgan fingerprint density at radius 1 is 0.405 bits per heavy atom. The summed E-state index contributed by atoms with van der Waals surface area (Å²) in [5, 5.41) is 0. The van der Waals surface area contributed by atoms with Crippen molar-refractivity contribution >= 4 is 66.7 Å². The summed E-state index contributed by atoms with van der Waals surface area (Å²) in [5.74, 6) is -6.29. The Labute approximate surface area is 218 Å². The normalized spacial score (nSPS) is 11.6. The van der Waals surface area contributed by atoms with Gasteiger partial charge in [-0.15, -0.1) is 0 Å². The van der Waals surface area contributed by atoms with E-state index in [1.54, 1.807) is 0 Å². The number of carbonyl (C=O) groups excluding carboxylic acids is 4. The first-order chi connectivity index (χ1) is 17.2. The van der Waals surface area contributed by atoms with Gasteiger partial charge in [0.25, 0.3) is 0 Å². The summed E-state index contributed by atoms with van der Waals surface area (Å²) in [5.41, 5.74) is -1.80. The fraction of sp³-hybridized carbons (Fsp3) is 0.765. The third-order valence-electron chi connectivity index (χ3n) is 4.15. The van der Waals surface area contributed by atoms with Gasteiger partial charge in [-0.2, -0.15) is 0 Å². The van der Waals surface area contributed by atoms with E-state index in [9.17, 15) is 52.8 Å². The summed E-state index contributed by atoms with van der Waals surface area (Å²) in [6.45, 7) is -3.01. The molecule has 0 aromatic carbocycles. The first-order valence-electron chi connectivity index (χ1n) is 10.3. The molecule has 0 heterocycles. The molecular formula is C17H28O16S4. The van der Waals surface area contributed by atoms with Crippen molar-refractivity contribution in [3.05, 3.63) is 0 Å². The highest BCUT2D eigenvalue weighted by molar-refractivity contribution is 7.73.